The van der Waals surface area contributed by atoms with Crippen LogP contribution in [0, 0.1) is 19.7 Å². The van der Waals surface area contributed by atoms with Gasteiger partial charge >= 0.3 is 0 Å². The molecule has 1 heterocycles. The molecule has 0 saturated heterocycles. The number of anilines is 3. The molecule has 2 N–H and O–H groups in total. The van der Waals surface area contributed by atoms with Gasteiger partial charge in [-0.3, -0.25) is 9.10 Å². The first-order valence-corrected chi connectivity index (χ1v) is 13.6. The second-order valence-electron chi connectivity index (χ2n) is 7.80. The maximum atomic E-state index is 13.3. The van der Waals surface area contributed by atoms with Crippen molar-refractivity contribution in [2.24, 2.45) is 0 Å². The first-order chi connectivity index (χ1) is 16.3. The van der Waals surface area contributed by atoms with Crippen LogP contribution in [0.15, 0.2) is 59.5 Å². The molecule has 0 aliphatic heterocycles. The quantitative estimate of drug-likeness (QED) is 0.465. The summed E-state index contributed by atoms with van der Waals surface area (Å²) in [7, 11) is -7.87. The number of aromatic nitrogens is 2. The molecule has 3 aromatic rings. The van der Waals surface area contributed by atoms with Gasteiger partial charge in [0.2, 0.25) is 21.9 Å². The largest absolute Gasteiger partial charge is 0.324 e. The molecule has 10 nitrogen and oxygen atoms in total. The highest BCUT2D eigenvalue weighted by atomic mass is 32.2. The van der Waals surface area contributed by atoms with E-state index in [1.807, 2.05) is 0 Å². The van der Waals surface area contributed by atoms with E-state index in [0.29, 0.717) is 11.4 Å². The van der Waals surface area contributed by atoms with E-state index in [1.165, 1.54) is 43.3 Å². The highest BCUT2D eigenvalue weighted by molar-refractivity contribution is 7.92. The zero-order valence-corrected chi connectivity index (χ0v) is 21.0. The Bertz CT molecular complexity index is 1420. The molecular formula is C22H24FN5O5S2. The molecule has 0 saturated carbocycles. The van der Waals surface area contributed by atoms with Crippen molar-refractivity contribution in [3.8, 4) is 0 Å². The Kier molecular flexibility index (Phi) is 7.41. The second kappa shape index (κ2) is 9.96. The average molecular weight is 522 g/mol. The van der Waals surface area contributed by atoms with E-state index in [-0.39, 0.29) is 22.2 Å². The molecule has 0 aliphatic rings. The van der Waals surface area contributed by atoms with Crippen molar-refractivity contribution in [3.05, 3.63) is 71.8 Å². The normalized spacial score (nSPS) is 12.6. The molecule has 1 amide bonds. The van der Waals surface area contributed by atoms with Crippen LogP contribution in [0.25, 0.3) is 0 Å². The molecule has 3 rings (SSSR count). The second-order valence-corrected chi connectivity index (χ2v) is 11.3. The van der Waals surface area contributed by atoms with Crippen LogP contribution in [0.5, 0.6) is 0 Å². The maximum absolute atomic E-state index is 13.3. The van der Waals surface area contributed by atoms with E-state index >= 15 is 0 Å². The van der Waals surface area contributed by atoms with Gasteiger partial charge in [0.05, 0.1) is 16.8 Å². The molecule has 1 aromatic heterocycles. The molecule has 13 heteroatoms. The fourth-order valence-electron chi connectivity index (χ4n) is 3.31. The summed E-state index contributed by atoms with van der Waals surface area (Å²) in [5, 5.41) is 2.56. The monoisotopic (exact) mass is 521 g/mol. The lowest BCUT2D eigenvalue weighted by Crippen LogP contribution is -2.45. The minimum Gasteiger partial charge on any atom is -0.324 e. The summed E-state index contributed by atoms with van der Waals surface area (Å²) >= 11 is 0. The predicted molar refractivity (Wildman–Crippen MR) is 131 cm³/mol. The number of carbonyl (C=O) groups excluding carboxylic acids is 1. The van der Waals surface area contributed by atoms with Gasteiger partial charge in [-0.15, -0.1) is 0 Å². The summed E-state index contributed by atoms with van der Waals surface area (Å²) in [6.07, 6.45) is 0.937. The Labute approximate surface area is 203 Å². The molecule has 0 radical (unpaired) electrons. The standard InChI is InChI=1S/C22H24FN5O5S2/c1-14-13-15(2)25-22(24-14)27-35(32,33)20-11-7-18(8-12-20)26-21(29)16(3)28(34(4,30)31)19-9-5-17(23)6-10-19/h5-13,16H,1-4H3,(H,26,29)(H,24,25,27)/t16-/m1/s1. The van der Waals surface area contributed by atoms with Gasteiger partial charge in [0.15, 0.2) is 0 Å². The Morgan fingerprint density at radius 1 is 0.943 bits per heavy atom. The van der Waals surface area contributed by atoms with Crippen LogP contribution in [0.3, 0.4) is 0 Å². The number of nitrogens with zero attached hydrogens (tertiary/aromatic N) is 3. The van der Waals surface area contributed by atoms with Crippen molar-refractivity contribution < 1.29 is 26.0 Å². The van der Waals surface area contributed by atoms with Gasteiger partial charge in [0.25, 0.3) is 10.0 Å². The van der Waals surface area contributed by atoms with Crippen LogP contribution >= 0.6 is 0 Å². The number of rotatable bonds is 8. The van der Waals surface area contributed by atoms with Gasteiger partial charge in [-0.2, -0.15) is 0 Å². The van der Waals surface area contributed by atoms with Gasteiger partial charge in [0, 0.05) is 17.1 Å². The topological polar surface area (TPSA) is 138 Å². The minimum atomic E-state index is -3.99. The zero-order chi connectivity index (χ0) is 26.0. The number of nitrogens with one attached hydrogen (secondary N) is 2. The summed E-state index contributed by atoms with van der Waals surface area (Å²) in [6.45, 7) is 4.81. The number of hydrogen-bond acceptors (Lipinski definition) is 7. The SMILES string of the molecule is Cc1cc(C)nc(NS(=O)(=O)c2ccc(NC(=O)[C@@H](C)N(c3ccc(F)cc3)S(C)(=O)=O)cc2)n1. The van der Waals surface area contributed by atoms with Crippen LogP contribution in [-0.4, -0.2) is 45.0 Å². The third kappa shape index (κ3) is 6.51. The van der Waals surface area contributed by atoms with Gasteiger partial charge in [-0.25, -0.2) is 35.9 Å². The Balaban J connectivity index is 1.76. The molecule has 0 spiro atoms. The minimum absolute atomic E-state index is 0.0598. The smallest absolute Gasteiger partial charge is 0.264 e. The molecule has 0 fully saturated rings. The van der Waals surface area contributed by atoms with Gasteiger partial charge in [-0.1, -0.05) is 0 Å². The lowest BCUT2D eigenvalue weighted by molar-refractivity contribution is -0.116. The lowest BCUT2D eigenvalue weighted by Gasteiger charge is -2.28. The summed E-state index contributed by atoms with van der Waals surface area (Å²) < 4.78 is 66.4. The number of hydrogen-bond donors (Lipinski definition) is 2. The van der Waals surface area contributed by atoms with Crippen molar-refractivity contribution in [2.75, 3.05) is 20.6 Å². The Morgan fingerprint density at radius 2 is 1.49 bits per heavy atom. The van der Waals surface area contributed by atoms with Crippen molar-refractivity contribution in [1.29, 1.82) is 0 Å². The van der Waals surface area contributed by atoms with E-state index in [2.05, 4.69) is 20.0 Å². The number of sulfonamides is 2. The fraction of sp³-hybridized carbons (Fsp3) is 0.227. The van der Waals surface area contributed by atoms with E-state index in [0.717, 1.165) is 22.7 Å². The van der Waals surface area contributed by atoms with Crippen molar-refractivity contribution in [3.63, 3.8) is 0 Å². The first-order valence-electron chi connectivity index (χ1n) is 10.3. The third-order valence-corrected chi connectivity index (χ3v) is 7.40. The number of aryl methyl sites for hydroxylation is 2. The van der Waals surface area contributed by atoms with Gasteiger partial charge < -0.3 is 5.32 Å². The molecule has 2 aromatic carbocycles. The molecule has 0 aliphatic carbocycles. The van der Waals surface area contributed by atoms with Crippen molar-refractivity contribution in [2.45, 2.75) is 31.7 Å². The van der Waals surface area contributed by atoms with Gasteiger partial charge in [-0.05, 0) is 75.4 Å². The zero-order valence-electron chi connectivity index (χ0n) is 19.4. The first kappa shape index (κ1) is 26.0. The van der Waals surface area contributed by atoms with Crippen molar-refractivity contribution in [1.82, 2.24) is 9.97 Å². The molecule has 1 atom stereocenters. The molecule has 0 bridgehead atoms. The molecular weight excluding hydrogens is 497 g/mol. The average Bonchev–Trinajstić information content (AvgIpc) is 2.73. The van der Waals surface area contributed by atoms with Crippen LogP contribution in [0.1, 0.15) is 18.3 Å². The van der Waals surface area contributed by atoms with Crippen LogP contribution in [0.2, 0.25) is 0 Å². The predicted octanol–water partition coefficient (Wildman–Crippen LogP) is 2.83. The number of carbonyl (C=O) groups is 1. The molecule has 186 valence electrons. The highest BCUT2D eigenvalue weighted by Crippen LogP contribution is 2.23. The third-order valence-electron chi connectivity index (χ3n) is 4.81. The van der Waals surface area contributed by atoms with Crippen LogP contribution in [-0.2, 0) is 24.8 Å². The van der Waals surface area contributed by atoms with Crippen molar-refractivity contribution >= 4 is 43.3 Å². The number of amides is 1. The van der Waals surface area contributed by atoms with Crippen LogP contribution < -0.4 is 14.3 Å². The molecule has 0 unspecified atom stereocenters. The van der Waals surface area contributed by atoms with Crippen LogP contribution in [0.4, 0.5) is 21.7 Å². The Hall–Kier alpha value is -3.58. The number of halogens is 1. The van der Waals surface area contributed by atoms with E-state index in [9.17, 15) is 26.0 Å². The molecule has 35 heavy (non-hydrogen) atoms. The summed E-state index contributed by atoms with van der Waals surface area (Å²) in [5.74, 6) is -1.28. The highest BCUT2D eigenvalue weighted by Gasteiger charge is 2.29. The number of benzene rings is 2. The summed E-state index contributed by atoms with van der Waals surface area (Å²) in [6, 6.07) is 10.5. The lowest BCUT2D eigenvalue weighted by atomic mass is 10.2. The van der Waals surface area contributed by atoms with Gasteiger partial charge in [0.1, 0.15) is 11.9 Å². The van der Waals surface area contributed by atoms with E-state index in [4.69, 9.17) is 0 Å². The Morgan fingerprint density at radius 3 is 2.00 bits per heavy atom. The van der Waals surface area contributed by atoms with E-state index < -0.39 is 37.8 Å². The fourth-order valence-corrected chi connectivity index (χ4v) is 5.43. The summed E-state index contributed by atoms with van der Waals surface area (Å²) in [5.41, 5.74) is 1.57. The summed E-state index contributed by atoms with van der Waals surface area (Å²) in [4.78, 5) is 20.8. The maximum Gasteiger partial charge on any atom is 0.264 e. The van der Waals surface area contributed by atoms with E-state index in [1.54, 1.807) is 19.9 Å².